The van der Waals surface area contributed by atoms with Gasteiger partial charge in [0.1, 0.15) is 11.2 Å². The summed E-state index contributed by atoms with van der Waals surface area (Å²) in [6.07, 6.45) is 5.86. The largest absolute Gasteiger partial charge is 0.463 e. The molecule has 2 amide bonds. The molecular formula is C21H29N3O4. The van der Waals surface area contributed by atoms with Gasteiger partial charge in [0.25, 0.3) is 5.91 Å². The Balaban J connectivity index is 1.64. The summed E-state index contributed by atoms with van der Waals surface area (Å²) in [5, 5.41) is 3.23. The van der Waals surface area contributed by atoms with Gasteiger partial charge in [-0.3, -0.25) is 9.59 Å². The zero-order valence-electron chi connectivity index (χ0n) is 16.9. The maximum atomic E-state index is 13.4. The van der Waals surface area contributed by atoms with Gasteiger partial charge in [-0.15, -0.1) is 0 Å². The highest BCUT2D eigenvalue weighted by atomic mass is 16.5. The van der Waals surface area contributed by atoms with E-state index in [0.29, 0.717) is 31.0 Å². The molecule has 1 fully saturated rings. The second-order valence-electron chi connectivity index (χ2n) is 8.44. The number of amides is 2. The maximum Gasteiger partial charge on any atom is 0.271 e. The molecule has 7 nitrogen and oxygen atoms in total. The van der Waals surface area contributed by atoms with E-state index >= 15 is 0 Å². The third-order valence-corrected chi connectivity index (χ3v) is 6.41. The maximum absolute atomic E-state index is 13.4. The van der Waals surface area contributed by atoms with Crippen LogP contribution >= 0.6 is 0 Å². The van der Waals surface area contributed by atoms with Crippen molar-refractivity contribution in [1.29, 1.82) is 0 Å². The van der Waals surface area contributed by atoms with Gasteiger partial charge in [0, 0.05) is 31.8 Å². The fourth-order valence-electron chi connectivity index (χ4n) is 4.55. The lowest BCUT2D eigenvalue weighted by atomic mass is 9.86. The van der Waals surface area contributed by atoms with E-state index in [9.17, 15) is 9.59 Å². The number of ether oxygens (including phenoxy) is 1. The molecule has 1 saturated carbocycles. The minimum Gasteiger partial charge on any atom is -0.463 e. The topological polar surface area (TPSA) is 76.7 Å². The summed E-state index contributed by atoms with van der Waals surface area (Å²) in [6.45, 7) is 5.27. The van der Waals surface area contributed by atoms with Crippen LogP contribution in [0.5, 0.6) is 0 Å². The van der Waals surface area contributed by atoms with Crippen LogP contribution in [0.2, 0.25) is 0 Å². The molecule has 28 heavy (non-hydrogen) atoms. The number of fused-ring (bicyclic) bond motifs is 3. The van der Waals surface area contributed by atoms with E-state index in [2.05, 4.69) is 12.2 Å². The monoisotopic (exact) mass is 387 g/mol. The molecule has 0 bridgehead atoms. The van der Waals surface area contributed by atoms with E-state index in [1.54, 1.807) is 24.3 Å². The third-order valence-electron chi connectivity index (χ3n) is 6.41. The first-order valence-electron chi connectivity index (χ1n) is 10.1. The summed E-state index contributed by atoms with van der Waals surface area (Å²) < 4.78 is 12.6. The summed E-state index contributed by atoms with van der Waals surface area (Å²) in [5.41, 5.74) is 1.10. The Morgan fingerprint density at radius 3 is 2.82 bits per heavy atom. The number of nitrogens with zero attached hydrogens (tertiary/aromatic N) is 2. The van der Waals surface area contributed by atoms with E-state index in [1.807, 2.05) is 17.6 Å². The molecule has 1 aliphatic heterocycles. The molecule has 0 spiro atoms. The molecule has 0 aromatic carbocycles. The van der Waals surface area contributed by atoms with Crippen LogP contribution in [-0.2, 0) is 16.1 Å². The van der Waals surface area contributed by atoms with Crippen molar-refractivity contribution < 1.29 is 18.7 Å². The quantitative estimate of drug-likeness (QED) is 0.856. The van der Waals surface area contributed by atoms with Crippen molar-refractivity contribution in [2.45, 2.75) is 57.7 Å². The van der Waals surface area contributed by atoms with Gasteiger partial charge in [-0.05, 0) is 38.5 Å². The minimum absolute atomic E-state index is 0.0903. The van der Waals surface area contributed by atoms with E-state index < -0.39 is 5.54 Å². The predicted molar refractivity (Wildman–Crippen MR) is 105 cm³/mol. The van der Waals surface area contributed by atoms with Crippen molar-refractivity contribution >= 4 is 22.9 Å². The second-order valence-corrected chi connectivity index (χ2v) is 8.44. The van der Waals surface area contributed by atoms with Crippen molar-refractivity contribution in [2.24, 2.45) is 5.92 Å². The highest BCUT2D eigenvalue weighted by molar-refractivity contribution is 6.02. The Bertz CT molecular complexity index is 877. The number of rotatable bonds is 5. The summed E-state index contributed by atoms with van der Waals surface area (Å²) in [4.78, 5) is 28.3. The molecule has 7 heteroatoms. The molecule has 1 aliphatic carbocycles. The van der Waals surface area contributed by atoms with Gasteiger partial charge >= 0.3 is 0 Å². The molecule has 1 atom stereocenters. The molecule has 2 aromatic heterocycles. The molecule has 1 N–H and O–H groups in total. The Morgan fingerprint density at radius 2 is 2.11 bits per heavy atom. The van der Waals surface area contributed by atoms with Gasteiger partial charge in [0.15, 0.2) is 5.58 Å². The van der Waals surface area contributed by atoms with Crippen LogP contribution in [0.4, 0.5) is 0 Å². The number of methoxy groups -OCH3 is 1. The summed E-state index contributed by atoms with van der Waals surface area (Å²) in [6, 6.07) is 3.79. The molecule has 152 valence electrons. The highest BCUT2D eigenvalue weighted by Crippen LogP contribution is 2.33. The molecule has 2 aromatic rings. The van der Waals surface area contributed by atoms with Gasteiger partial charge in [-0.25, -0.2) is 0 Å². The van der Waals surface area contributed by atoms with E-state index in [-0.39, 0.29) is 17.9 Å². The van der Waals surface area contributed by atoms with Crippen LogP contribution in [0.25, 0.3) is 11.1 Å². The Hall–Kier alpha value is -2.28. The molecule has 0 saturated heterocycles. The van der Waals surface area contributed by atoms with Crippen LogP contribution in [0.15, 0.2) is 22.8 Å². The fraction of sp³-hybridized carbons (Fsp3) is 0.619. The standard InChI is InChI=1S/C21H29N3O4/c1-14-4-6-15(7-5-14)22-20(26)21(2)13-23-16-8-10-28-18(16)12-17(23)19(25)24(21)9-11-27-3/h8,10,12,14-15H,4-7,9,11,13H2,1-3H3,(H,22,26). The molecular weight excluding hydrogens is 358 g/mol. The molecule has 0 radical (unpaired) electrons. The van der Waals surface area contributed by atoms with E-state index in [4.69, 9.17) is 9.15 Å². The minimum atomic E-state index is -0.977. The smallest absolute Gasteiger partial charge is 0.271 e. The Morgan fingerprint density at radius 1 is 1.36 bits per heavy atom. The number of carbonyl (C=O) groups excluding carboxylic acids is 2. The van der Waals surface area contributed by atoms with Crippen LogP contribution in [0.1, 0.15) is 50.0 Å². The second kappa shape index (κ2) is 7.28. The lowest BCUT2D eigenvalue weighted by Crippen LogP contribution is -2.65. The first kappa shape index (κ1) is 19.1. The van der Waals surface area contributed by atoms with Crippen molar-refractivity contribution in [3.05, 3.63) is 24.1 Å². The van der Waals surface area contributed by atoms with Gasteiger partial charge in [0.2, 0.25) is 5.91 Å². The van der Waals surface area contributed by atoms with Gasteiger partial charge in [0.05, 0.1) is 24.9 Å². The van der Waals surface area contributed by atoms with Crippen LogP contribution in [-0.4, -0.2) is 53.1 Å². The fourth-order valence-corrected chi connectivity index (χ4v) is 4.55. The SMILES string of the molecule is COCCN1C(=O)c2cc3occc3n2CC1(C)C(=O)NC1CCC(C)CC1. The average Bonchev–Trinajstić information content (AvgIpc) is 3.26. The van der Waals surface area contributed by atoms with E-state index in [0.717, 1.165) is 37.1 Å². The number of hydrogen-bond acceptors (Lipinski definition) is 4. The van der Waals surface area contributed by atoms with E-state index in [1.165, 1.54) is 0 Å². The normalized spacial score (nSPS) is 27.8. The van der Waals surface area contributed by atoms with Crippen LogP contribution in [0.3, 0.4) is 0 Å². The number of aromatic nitrogens is 1. The molecule has 1 unspecified atom stereocenters. The molecule has 2 aliphatic rings. The summed E-state index contributed by atoms with van der Waals surface area (Å²) in [7, 11) is 1.60. The number of furan rings is 1. The van der Waals surface area contributed by atoms with Crippen LogP contribution in [0, 0.1) is 5.92 Å². The number of hydrogen-bond donors (Lipinski definition) is 1. The zero-order valence-corrected chi connectivity index (χ0v) is 16.9. The summed E-state index contributed by atoms with van der Waals surface area (Å²) >= 11 is 0. The van der Waals surface area contributed by atoms with Crippen LogP contribution < -0.4 is 5.32 Å². The molecule has 3 heterocycles. The summed E-state index contributed by atoms with van der Waals surface area (Å²) in [5.74, 6) is 0.465. The Kier molecular flexibility index (Phi) is 4.95. The predicted octanol–water partition coefficient (Wildman–Crippen LogP) is 2.79. The lowest BCUT2D eigenvalue weighted by molar-refractivity contribution is -0.134. The lowest BCUT2D eigenvalue weighted by Gasteiger charge is -2.44. The zero-order chi connectivity index (χ0) is 19.9. The third kappa shape index (κ3) is 3.11. The molecule has 4 rings (SSSR count). The number of nitrogens with one attached hydrogen (secondary N) is 1. The van der Waals surface area contributed by atoms with Crippen molar-refractivity contribution in [1.82, 2.24) is 14.8 Å². The van der Waals surface area contributed by atoms with Crippen molar-refractivity contribution in [2.75, 3.05) is 20.3 Å². The first-order chi connectivity index (χ1) is 13.4. The Labute approximate surface area is 165 Å². The van der Waals surface area contributed by atoms with Gasteiger partial charge < -0.3 is 23.9 Å². The average molecular weight is 387 g/mol. The van der Waals surface area contributed by atoms with Crippen molar-refractivity contribution in [3.63, 3.8) is 0 Å². The van der Waals surface area contributed by atoms with Crippen molar-refractivity contribution in [3.8, 4) is 0 Å². The number of carbonyl (C=O) groups is 2. The highest BCUT2D eigenvalue weighted by Gasteiger charge is 2.48. The van der Waals surface area contributed by atoms with Gasteiger partial charge in [-0.1, -0.05) is 6.92 Å². The first-order valence-corrected chi connectivity index (χ1v) is 10.1. The van der Waals surface area contributed by atoms with Gasteiger partial charge in [-0.2, -0.15) is 0 Å².